The van der Waals surface area contributed by atoms with Gasteiger partial charge in [-0.1, -0.05) is 18.2 Å². The Hall–Kier alpha value is -2.40. The van der Waals surface area contributed by atoms with Crippen LogP contribution in [0.15, 0.2) is 42.5 Å². The molecule has 0 spiro atoms. The Balaban J connectivity index is 1.54. The van der Waals surface area contributed by atoms with Gasteiger partial charge in [0.05, 0.1) is 18.7 Å². The van der Waals surface area contributed by atoms with Crippen molar-refractivity contribution >= 4 is 11.6 Å². The lowest BCUT2D eigenvalue weighted by Crippen LogP contribution is -2.42. The first kappa shape index (κ1) is 17.7. The second-order valence-corrected chi connectivity index (χ2v) is 8.38. The molecule has 2 aromatic rings. The van der Waals surface area contributed by atoms with Gasteiger partial charge in [-0.05, 0) is 66.1 Å². The number of amides is 1. The molecule has 4 nitrogen and oxygen atoms in total. The summed E-state index contributed by atoms with van der Waals surface area (Å²) in [5.74, 6) is 0.729. The van der Waals surface area contributed by atoms with Gasteiger partial charge in [0.15, 0.2) is 0 Å². The number of nitrogens with one attached hydrogen (secondary N) is 1. The minimum Gasteiger partial charge on any atom is -0.394 e. The lowest BCUT2D eigenvalue weighted by atomic mass is 9.82. The fourth-order valence-electron chi connectivity index (χ4n) is 4.88. The first-order valence-corrected chi connectivity index (χ1v) is 10.2. The number of carbonyl (C=O) groups is 1. The molecule has 2 aromatic carbocycles. The number of anilines is 1. The van der Waals surface area contributed by atoms with Gasteiger partial charge in [-0.25, -0.2) is 4.39 Å². The van der Waals surface area contributed by atoms with E-state index in [1.807, 2.05) is 23.1 Å². The number of fused-ring (bicyclic) bond motifs is 3. The Bertz CT molecular complexity index is 911. The molecule has 5 rings (SSSR count). The minimum absolute atomic E-state index is 0.0202. The Labute approximate surface area is 164 Å². The van der Waals surface area contributed by atoms with Crippen molar-refractivity contribution in [2.75, 3.05) is 18.5 Å². The maximum absolute atomic E-state index is 13.7. The molecule has 2 fully saturated rings. The zero-order chi connectivity index (χ0) is 19.3. The molecule has 0 bridgehead atoms. The summed E-state index contributed by atoms with van der Waals surface area (Å²) in [5, 5.41) is 13.4. The van der Waals surface area contributed by atoms with Crippen molar-refractivity contribution in [3.8, 4) is 11.1 Å². The summed E-state index contributed by atoms with van der Waals surface area (Å²) < 4.78 is 13.7. The molecule has 3 atom stereocenters. The molecule has 1 saturated carbocycles. The average molecular weight is 380 g/mol. The number of carbonyl (C=O) groups excluding carboxylic acids is 1. The number of halogens is 1. The largest absolute Gasteiger partial charge is 0.394 e. The van der Waals surface area contributed by atoms with Gasteiger partial charge in [0.25, 0.3) is 0 Å². The molecule has 2 aliphatic heterocycles. The quantitative estimate of drug-likeness (QED) is 0.844. The standard InChI is InChI=1S/C23H25FN2O2/c24-17-3-1-2-15(11-17)16-6-7-20-19(12-16)23-18(21(13-27)25-20)8-9-26(23)22(28)10-14-4-5-14/h1-3,6-7,11-12,14,18,21,23,25,27H,4-5,8-10,13H2/t18-,21+,23-/m1/s1. The summed E-state index contributed by atoms with van der Waals surface area (Å²) >= 11 is 0. The Morgan fingerprint density at radius 2 is 1.96 bits per heavy atom. The van der Waals surface area contributed by atoms with E-state index in [1.165, 1.54) is 12.1 Å². The van der Waals surface area contributed by atoms with Gasteiger partial charge in [0, 0.05) is 24.6 Å². The van der Waals surface area contributed by atoms with Crippen LogP contribution in [-0.4, -0.2) is 35.1 Å². The molecule has 3 aliphatic rings. The van der Waals surface area contributed by atoms with Gasteiger partial charge in [-0.2, -0.15) is 0 Å². The Morgan fingerprint density at radius 3 is 2.71 bits per heavy atom. The monoisotopic (exact) mass is 380 g/mol. The van der Waals surface area contributed by atoms with Crippen LogP contribution in [0, 0.1) is 17.7 Å². The van der Waals surface area contributed by atoms with Crippen molar-refractivity contribution in [1.82, 2.24) is 4.90 Å². The second-order valence-electron chi connectivity index (χ2n) is 8.38. The maximum atomic E-state index is 13.7. The van der Waals surface area contributed by atoms with E-state index in [2.05, 4.69) is 11.4 Å². The smallest absolute Gasteiger partial charge is 0.223 e. The number of hydrogen-bond donors (Lipinski definition) is 2. The van der Waals surface area contributed by atoms with Crippen LogP contribution in [-0.2, 0) is 4.79 Å². The highest BCUT2D eigenvalue weighted by atomic mass is 19.1. The fraction of sp³-hybridized carbons (Fsp3) is 0.435. The SMILES string of the molecule is O=C(CC1CC1)N1CC[C@@H]2[C@H](CO)Nc3ccc(-c4cccc(F)c4)cc3[C@@H]21. The van der Waals surface area contributed by atoms with Crippen LogP contribution >= 0.6 is 0 Å². The lowest BCUT2D eigenvalue weighted by molar-refractivity contribution is -0.133. The van der Waals surface area contributed by atoms with Crippen molar-refractivity contribution in [3.63, 3.8) is 0 Å². The molecule has 146 valence electrons. The zero-order valence-electron chi connectivity index (χ0n) is 15.8. The summed E-state index contributed by atoms with van der Waals surface area (Å²) in [6.45, 7) is 0.791. The van der Waals surface area contributed by atoms with E-state index in [0.29, 0.717) is 12.3 Å². The van der Waals surface area contributed by atoms with E-state index >= 15 is 0 Å². The van der Waals surface area contributed by atoms with Gasteiger partial charge in [0.1, 0.15) is 5.82 Å². The predicted octanol–water partition coefficient (Wildman–Crippen LogP) is 3.97. The summed E-state index contributed by atoms with van der Waals surface area (Å²) in [6, 6.07) is 12.6. The van der Waals surface area contributed by atoms with Crippen molar-refractivity contribution in [1.29, 1.82) is 0 Å². The first-order chi connectivity index (χ1) is 13.6. The van der Waals surface area contributed by atoms with Gasteiger partial charge in [-0.3, -0.25) is 4.79 Å². The van der Waals surface area contributed by atoms with Gasteiger partial charge < -0.3 is 15.3 Å². The summed E-state index contributed by atoms with van der Waals surface area (Å²) in [6.07, 6.45) is 3.85. The van der Waals surface area contributed by atoms with Crippen LogP contribution in [0.2, 0.25) is 0 Å². The van der Waals surface area contributed by atoms with Crippen LogP contribution in [0.25, 0.3) is 11.1 Å². The highest BCUT2D eigenvalue weighted by Gasteiger charge is 2.46. The molecular formula is C23H25FN2O2. The van der Waals surface area contributed by atoms with Crippen LogP contribution in [0.1, 0.15) is 37.3 Å². The van der Waals surface area contributed by atoms with E-state index in [1.54, 1.807) is 6.07 Å². The molecule has 2 heterocycles. The highest BCUT2D eigenvalue weighted by Crippen LogP contribution is 2.48. The molecule has 28 heavy (non-hydrogen) atoms. The molecule has 0 unspecified atom stereocenters. The number of aliphatic hydroxyl groups is 1. The fourth-order valence-corrected chi connectivity index (χ4v) is 4.88. The number of aliphatic hydroxyl groups excluding tert-OH is 1. The third-order valence-corrected chi connectivity index (χ3v) is 6.51. The highest BCUT2D eigenvalue weighted by molar-refractivity contribution is 5.79. The number of likely N-dealkylation sites (tertiary alicyclic amines) is 1. The number of benzene rings is 2. The van der Waals surface area contributed by atoms with E-state index in [-0.39, 0.29) is 36.3 Å². The third kappa shape index (κ3) is 3.08. The van der Waals surface area contributed by atoms with Crippen LogP contribution in [0.3, 0.4) is 0 Å². The van der Waals surface area contributed by atoms with Crippen molar-refractivity contribution < 1.29 is 14.3 Å². The van der Waals surface area contributed by atoms with E-state index in [0.717, 1.165) is 48.2 Å². The number of hydrogen-bond acceptors (Lipinski definition) is 3. The Morgan fingerprint density at radius 1 is 1.14 bits per heavy atom. The summed E-state index contributed by atoms with van der Waals surface area (Å²) in [4.78, 5) is 15.0. The van der Waals surface area contributed by atoms with E-state index in [4.69, 9.17) is 0 Å². The molecule has 2 N–H and O–H groups in total. The van der Waals surface area contributed by atoms with E-state index < -0.39 is 0 Å². The average Bonchev–Trinajstić information content (AvgIpc) is 3.40. The third-order valence-electron chi connectivity index (χ3n) is 6.51. The molecule has 1 aliphatic carbocycles. The van der Waals surface area contributed by atoms with Crippen molar-refractivity contribution in [2.24, 2.45) is 11.8 Å². The van der Waals surface area contributed by atoms with Crippen molar-refractivity contribution in [2.45, 2.75) is 37.8 Å². The molecule has 1 amide bonds. The summed E-state index contributed by atoms with van der Waals surface area (Å²) in [7, 11) is 0. The van der Waals surface area contributed by atoms with Crippen molar-refractivity contribution in [3.05, 3.63) is 53.8 Å². The topological polar surface area (TPSA) is 52.6 Å². The van der Waals surface area contributed by atoms with Crippen LogP contribution in [0.5, 0.6) is 0 Å². The van der Waals surface area contributed by atoms with Gasteiger partial charge in [0.2, 0.25) is 5.91 Å². The predicted molar refractivity (Wildman–Crippen MR) is 106 cm³/mol. The van der Waals surface area contributed by atoms with E-state index in [9.17, 15) is 14.3 Å². The summed E-state index contributed by atoms with van der Waals surface area (Å²) in [5.41, 5.74) is 3.82. The van der Waals surface area contributed by atoms with Crippen LogP contribution in [0.4, 0.5) is 10.1 Å². The van der Waals surface area contributed by atoms with Gasteiger partial charge >= 0.3 is 0 Å². The number of nitrogens with zero attached hydrogens (tertiary/aromatic N) is 1. The minimum atomic E-state index is -0.256. The molecule has 0 radical (unpaired) electrons. The Kier molecular flexibility index (Phi) is 4.35. The molecule has 5 heteroatoms. The first-order valence-electron chi connectivity index (χ1n) is 10.2. The molecule has 0 aromatic heterocycles. The molecule has 1 saturated heterocycles. The van der Waals surface area contributed by atoms with Crippen LogP contribution < -0.4 is 5.32 Å². The lowest BCUT2D eigenvalue weighted by Gasteiger charge is -2.39. The second kappa shape index (κ2) is 6.89. The molecular weight excluding hydrogens is 355 g/mol. The van der Waals surface area contributed by atoms with Gasteiger partial charge in [-0.15, -0.1) is 0 Å². The maximum Gasteiger partial charge on any atom is 0.223 e. The number of rotatable bonds is 4. The normalized spacial score (nSPS) is 25.8. The zero-order valence-corrected chi connectivity index (χ0v) is 15.8.